The van der Waals surface area contributed by atoms with Gasteiger partial charge in [0.2, 0.25) is 10.0 Å². The van der Waals surface area contributed by atoms with Gasteiger partial charge in [0.15, 0.2) is 0 Å². The lowest BCUT2D eigenvalue weighted by atomic mass is 10.1. The van der Waals surface area contributed by atoms with Crippen molar-refractivity contribution in [3.63, 3.8) is 0 Å². The quantitative estimate of drug-likeness (QED) is 0.509. The molecule has 2 rings (SSSR count). The highest BCUT2D eigenvalue weighted by Crippen LogP contribution is 2.25. The largest absolute Gasteiger partial charge is 0.392 e. The molecule has 9 heteroatoms. The zero-order chi connectivity index (χ0) is 17.7. The molecule has 2 aromatic rings. The number of nitro groups is 1. The Kier molecular flexibility index (Phi) is 5.50. The number of aliphatic hydroxyl groups excluding tert-OH is 1. The van der Waals surface area contributed by atoms with E-state index in [0.717, 1.165) is 17.2 Å². The first-order valence-corrected chi connectivity index (χ1v) is 8.59. The fourth-order valence-electron chi connectivity index (χ4n) is 2.16. The van der Waals surface area contributed by atoms with Crippen molar-refractivity contribution in [2.45, 2.75) is 17.9 Å². The molecule has 0 aliphatic rings. The van der Waals surface area contributed by atoms with Crippen molar-refractivity contribution in [2.75, 3.05) is 11.9 Å². The number of nitrogens with zero attached hydrogens (tertiary/aromatic N) is 1. The van der Waals surface area contributed by atoms with Crippen LogP contribution in [0.4, 0.5) is 11.4 Å². The van der Waals surface area contributed by atoms with Gasteiger partial charge in [-0.3, -0.25) is 10.1 Å². The van der Waals surface area contributed by atoms with Crippen LogP contribution in [0.2, 0.25) is 0 Å². The molecule has 8 nitrogen and oxygen atoms in total. The molecular formula is C15H17N3O5S. The summed E-state index contributed by atoms with van der Waals surface area (Å²) in [6.45, 7) is 0.387. The summed E-state index contributed by atoms with van der Waals surface area (Å²) < 4.78 is 23.2. The van der Waals surface area contributed by atoms with Crippen LogP contribution in [0.15, 0.2) is 47.4 Å². The number of anilines is 1. The maximum absolute atomic E-state index is 11.6. The normalized spacial score (nSPS) is 11.2. The summed E-state index contributed by atoms with van der Waals surface area (Å²) in [6.07, 6.45) is 0.604. The van der Waals surface area contributed by atoms with Crippen LogP contribution in [-0.4, -0.2) is 25.0 Å². The Balaban J connectivity index is 2.12. The number of aliphatic hydroxyl groups is 1. The van der Waals surface area contributed by atoms with Crippen LogP contribution >= 0.6 is 0 Å². The molecule has 0 unspecified atom stereocenters. The van der Waals surface area contributed by atoms with Crippen molar-refractivity contribution in [3.05, 3.63) is 63.7 Å². The summed E-state index contributed by atoms with van der Waals surface area (Å²) in [4.78, 5) is 9.78. The second-order valence-electron chi connectivity index (χ2n) is 5.13. The Morgan fingerprint density at radius 1 is 1.12 bits per heavy atom. The summed E-state index contributed by atoms with van der Waals surface area (Å²) in [5, 5.41) is 27.8. The number of primary sulfonamides is 1. The molecule has 0 radical (unpaired) electrons. The third-order valence-electron chi connectivity index (χ3n) is 3.42. The molecule has 0 aliphatic carbocycles. The number of nitrogens with one attached hydrogen (secondary N) is 1. The smallest absolute Gasteiger partial charge is 0.270 e. The number of rotatable bonds is 7. The Hall–Kier alpha value is -2.49. The van der Waals surface area contributed by atoms with Crippen molar-refractivity contribution < 1.29 is 18.4 Å². The van der Waals surface area contributed by atoms with E-state index in [4.69, 9.17) is 10.2 Å². The summed E-state index contributed by atoms with van der Waals surface area (Å²) in [6, 6.07) is 10.8. The third-order valence-corrected chi connectivity index (χ3v) is 4.37. The van der Waals surface area contributed by atoms with E-state index in [9.17, 15) is 18.5 Å². The Labute approximate surface area is 139 Å². The van der Waals surface area contributed by atoms with Gasteiger partial charge in [-0.2, -0.15) is 0 Å². The zero-order valence-corrected chi connectivity index (χ0v) is 13.5. The van der Waals surface area contributed by atoms with Gasteiger partial charge in [-0.15, -0.1) is 0 Å². The molecular weight excluding hydrogens is 334 g/mol. The lowest BCUT2D eigenvalue weighted by molar-refractivity contribution is -0.385. The van der Waals surface area contributed by atoms with Crippen LogP contribution in [0.25, 0.3) is 0 Å². The molecule has 128 valence electrons. The average Bonchev–Trinajstić information content (AvgIpc) is 2.54. The van der Waals surface area contributed by atoms with Gasteiger partial charge < -0.3 is 10.4 Å². The van der Waals surface area contributed by atoms with E-state index < -0.39 is 14.9 Å². The molecule has 4 N–H and O–H groups in total. The molecule has 0 aliphatic heterocycles. The van der Waals surface area contributed by atoms with Crippen LogP contribution < -0.4 is 10.5 Å². The van der Waals surface area contributed by atoms with Crippen LogP contribution in [0.5, 0.6) is 0 Å². The highest BCUT2D eigenvalue weighted by molar-refractivity contribution is 7.89. The number of hydrogen-bond donors (Lipinski definition) is 3. The monoisotopic (exact) mass is 351 g/mol. The highest BCUT2D eigenvalue weighted by atomic mass is 32.2. The number of hydrogen-bond acceptors (Lipinski definition) is 6. The van der Waals surface area contributed by atoms with Gasteiger partial charge in [0.25, 0.3) is 5.69 Å². The van der Waals surface area contributed by atoms with Crippen LogP contribution in [0.1, 0.15) is 11.1 Å². The molecule has 0 spiro atoms. The van der Waals surface area contributed by atoms with Crippen molar-refractivity contribution in [2.24, 2.45) is 5.14 Å². The Bertz CT molecular complexity index is 835. The molecule has 0 fully saturated rings. The van der Waals surface area contributed by atoms with E-state index in [1.54, 1.807) is 12.1 Å². The first kappa shape index (κ1) is 17.9. The fourth-order valence-corrected chi connectivity index (χ4v) is 2.89. The van der Waals surface area contributed by atoms with E-state index in [1.807, 2.05) is 12.1 Å². The Morgan fingerprint density at radius 3 is 2.29 bits per heavy atom. The van der Waals surface area contributed by atoms with Gasteiger partial charge >= 0.3 is 0 Å². The predicted octanol–water partition coefficient (Wildman–Crippen LogP) is 1.39. The predicted molar refractivity (Wildman–Crippen MR) is 89.0 cm³/mol. The van der Waals surface area contributed by atoms with E-state index in [-0.39, 0.29) is 22.9 Å². The van der Waals surface area contributed by atoms with Crippen LogP contribution in [-0.2, 0) is 23.1 Å². The SMILES string of the molecule is NS(=O)(=O)c1cc([N+](=O)[O-])ccc1NCCc1ccc(CO)cc1. The number of non-ortho nitro benzene ring substituents is 1. The first-order valence-electron chi connectivity index (χ1n) is 7.05. The second kappa shape index (κ2) is 7.39. The van der Waals surface area contributed by atoms with Gasteiger partial charge in [0, 0.05) is 18.7 Å². The molecule has 24 heavy (non-hydrogen) atoms. The summed E-state index contributed by atoms with van der Waals surface area (Å²) in [5.41, 5.74) is 1.68. The molecule has 0 bridgehead atoms. The standard InChI is InChI=1S/C15H17N3O5S/c16-24(22,23)15-9-13(18(20)21)5-6-14(15)17-8-7-11-1-3-12(10-19)4-2-11/h1-6,9,17,19H,7-8,10H2,(H2,16,22,23). The summed E-state index contributed by atoms with van der Waals surface area (Å²) >= 11 is 0. The van der Waals surface area contributed by atoms with Crippen molar-refractivity contribution in [1.29, 1.82) is 0 Å². The topological polar surface area (TPSA) is 136 Å². The van der Waals surface area contributed by atoms with Crippen LogP contribution in [0, 0.1) is 10.1 Å². The molecule has 0 saturated heterocycles. The minimum atomic E-state index is -4.09. The fraction of sp³-hybridized carbons (Fsp3) is 0.200. The van der Waals surface area contributed by atoms with Gasteiger partial charge in [-0.1, -0.05) is 24.3 Å². The first-order chi connectivity index (χ1) is 11.3. The summed E-state index contributed by atoms with van der Waals surface area (Å²) in [7, 11) is -4.09. The maximum Gasteiger partial charge on any atom is 0.270 e. The minimum absolute atomic E-state index is 0.0287. The van der Waals surface area contributed by atoms with Crippen molar-refractivity contribution in [3.8, 4) is 0 Å². The molecule has 2 aromatic carbocycles. The van der Waals surface area contributed by atoms with Crippen molar-refractivity contribution in [1.82, 2.24) is 0 Å². The molecule has 0 atom stereocenters. The minimum Gasteiger partial charge on any atom is -0.392 e. The van der Waals surface area contributed by atoms with E-state index in [1.165, 1.54) is 12.1 Å². The summed E-state index contributed by atoms with van der Waals surface area (Å²) in [5.74, 6) is 0. The van der Waals surface area contributed by atoms with Gasteiger partial charge in [0.1, 0.15) is 4.90 Å². The number of sulfonamides is 1. The van der Waals surface area contributed by atoms with Crippen molar-refractivity contribution >= 4 is 21.4 Å². The number of benzene rings is 2. The molecule has 0 heterocycles. The van der Waals surface area contributed by atoms with E-state index in [0.29, 0.717) is 13.0 Å². The lowest BCUT2D eigenvalue weighted by Crippen LogP contribution is -2.16. The number of nitrogens with two attached hydrogens (primary N) is 1. The van der Waals surface area contributed by atoms with Gasteiger partial charge in [0.05, 0.1) is 17.2 Å². The highest BCUT2D eigenvalue weighted by Gasteiger charge is 2.18. The van der Waals surface area contributed by atoms with E-state index in [2.05, 4.69) is 5.32 Å². The maximum atomic E-state index is 11.6. The number of nitro benzene ring substituents is 1. The van der Waals surface area contributed by atoms with E-state index >= 15 is 0 Å². The Morgan fingerprint density at radius 2 is 1.75 bits per heavy atom. The van der Waals surface area contributed by atoms with Gasteiger partial charge in [-0.25, -0.2) is 13.6 Å². The lowest BCUT2D eigenvalue weighted by Gasteiger charge is -2.11. The third kappa shape index (κ3) is 4.51. The molecule has 0 aromatic heterocycles. The second-order valence-corrected chi connectivity index (χ2v) is 6.66. The molecule has 0 saturated carbocycles. The zero-order valence-electron chi connectivity index (χ0n) is 12.7. The van der Waals surface area contributed by atoms with Crippen LogP contribution in [0.3, 0.4) is 0 Å². The average molecular weight is 351 g/mol. The van der Waals surface area contributed by atoms with Gasteiger partial charge in [-0.05, 0) is 23.6 Å². The molecule has 0 amide bonds.